The van der Waals surface area contributed by atoms with Crippen molar-refractivity contribution in [1.29, 1.82) is 0 Å². The highest BCUT2D eigenvalue weighted by molar-refractivity contribution is 6.30. The van der Waals surface area contributed by atoms with E-state index < -0.39 is 6.10 Å². The summed E-state index contributed by atoms with van der Waals surface area (Å²) in [6.07, 6.45) is 2.47. The molecule has 130 valence electrons. The smallest absolute Gasteiger partial charge is 0.280 e. The number of benzene rings is 2. The number of carbonyl (C=O) groups excluding carboxylic acids is 1. The second kappa shape index (κ2) is 9.49. The highest BCUT2D eigenvalue weighted by Gasteiger charge is 2.13. The van der Waals surface area contributed by atoms with Crippen molar-refractivity contribution in [2.75, 3.05) is 6.61 Å². The number of hydrogen-bond donors (Lipinski definition) is 1. The molecule has 0 spiro atoms. The van der Waals surface area contributed by atoms with Crippen molar-refractivity contribution in [3.05, 3.63) is 71.8 Å². The lowest BCUT2D eigenvalue weighted by atomic mass is 10.2. The summed E-state index contributed by atoms with van der Waals surface area (Å²) < 4.78 is 11.1. The lowest BCUT2D eigenvalue weighted by molar-refractivity contribution is -0.127. The molecule has 25 heavy (non-hydrogen) atoms. The average molecular weight is 359 g/mol. The van der Waals surface area contributed by atoms with Crippen LogP contribution < -0.4 is 14.9 Å². The van der Waals surface area contributed by atoms with Crippen molar-refractivity contribution in [3.8, 4) is 11.5 Å². The maximum atomic E-state index is 12.0. The molecule has 1 atom stereocenters. The van der Waals surface area contributed by atoms with Gasteiger partial charge in [-0.15, -0.1) is 0 Å². The van der Waals surface area contributed by atoms with Gasteiger partial charge in [0.25, 0.3) is 5.91 Å². The van der Waals surface area contributed by atoms with Crippen LogP contribution in [0.5, 0.6) is 11.5 Å². The van der Waals surface area contributed by atoms with Gasteiger partial charge >= 0.3 is 0 Å². The number of carbonyl (C=O) groups is 1. The van der Waals surface area contributed by atoms with Gasteiger partial charge in [-0.2, -0.15) is 5.10 Å². The van der Waals surface area contributed by atoms with Gasteiger partial charge in [0.05, 0.1) is 6.21 Å². The van der Waals surface area contributed by atoms with Crippen LogP contribution in [-0.2, 0) is 4.79 Å². The Morgan fingerprint density at radius 2 is 2.00 bits per heavy atom. The summed E-state index contributed by atoms with van der Waals surface area (Å²) in [6, 6.07) is 14.2. The Bertz CT molecular complexity index is 745. The first-order valence-corrected chi connectivity index (χ1v) is 8.06. The Hall–Kier alpha value is -2.79. The SMILES string of the molecule is C=CCOc1ccccc1/C=N\NC(=O)C(C)Oc1ccc(Cl)cc1. The number of hydrazone groups is 1. The van der Waals surface area contributed by atoms with Crippen LogP contribution >= 0.6 is 11.6 Å². The van der Waals surface area contributed by atoms with E-state index in [0.29, 0.717) is 23.1 Å². The molecule has 0 heterocycles. The molecule has 2 aromatic carbocycles. The minimum absolute atomic E-state index is 0.365. The van der Waals surface area contributed by atoms with Gasteiger partial charge in [-0.1, -0.05) is 36.4 Å². The summed E-state index contributed by atoms with van der Waals surface area (Å²) in [6.45, 7) is 5.64. The summed E-state index contributed by atoms with van der Waals surface area (Å²) in [7, 11) is 0. The van der Waals surface area contributed by atoms with Gasteiger partial charge in [0, 0.05) is 10.6 Å². The fourth-order valence-electron chi connectivity index (χ4n) is 1.89. The standard InChI is InChI=1S/C19H19ClN2O3/c1-3-12-24-18-7-5-4-6-15(18)13-21-22-19(23)14(2)25-17-10-8-16(20)9-11-17/h3-11,13-14H,1,12H2,2H3,(H,22,23)/b21-13-. The lowest BCUT2D eigenvalue weighted by Crippen LogP contribution is -2.33. The summed E-state index contributed by atoms with van der Waals surface area (Å²) in [5.74, 6) is 0.848. The Balaban J connectivity index is 1.91. The van der Waals surface area contributed by atoms with Crippen LogP contribution in [0.3, 0.4) is 0 Å². The molecule has 1 amide bonds. The van der Waals surface area contributed by atoms with Crippen LogP contribution in [0.2, 0.25) is 5.02 Å². The fourth-order valence-corrected chi connectivity index (χ4v) is 2.02. The molecule has 0 aliphatic heterocycles. The van der Waals surface area contributed by atoms with Crippen molar-refractivity contribution in [3.63, 3.8) is 0 Å². The first kappa shape index (κ1) is 18.5. The molecule has 1 N–H and O–H groups in total. The van der Waals surface area contributed by atoms with Crippen molar-refractivity contribution in [2.45, 2.75) is 13.0 Å². The number of hydrogen-bond acceptors (Lipinski definition) is 4. The lowest BCUT2D eigenvalue weighted by Gasteiger charge is -2.13. The van der Waals surface area contributed by atoms with Gasteiger partial charge in [0.1, 0.15) is 18.1 Å². The first-order valence-electron chi connectivity index (χ1n) is 7.68. The number of halogens is 1. The molecule has 0 aliphatic rings. The number of nitrogens with one attached hydrogen (secondary N) is 1. The number of ether oxygens (including phenoxy) is 2. The van der Waals surface area contributed by atoms with E-state index in [1.807, 2.05) is 24.3 Å². The van der Waals surface area contributed by atoms with Gasteiger partial charge in [-0.05, 0) is 43.3 Å². The molecule has 0 radical (unpaired) electrons. The topological polar surface area (TPSA) is 59.9 Å². The normalized spacial score (nSPS) is 11.8. The van der Waals surface area contributed by atoms with Gasteiger partial charge < -0.3 is 9.47 Å². The molecule has 0 aromatic heterocycles. The molecule has 2 rings (SSSR count). The monoisotopic (exact) mass is 358 g/mol. The molecule has 2 aromatic rings. The molecule has 0 bridgehead atoms. The van der Waals surface area contributed by atoms with Gasteiger partial charge in [-0.25, -0.2) is 5.43 Å². The van der Waals surface area contributed by atoms with Crippen LogP contribution in [-0.4, -0.2) is 24.8 Å². The van der Waals surface area contributed by atoms with Crippen LogP contribution in [0.15, 0.2) is 66.3 Å². The van der Waals surface area contributed by atoms with Gasteiger partial charge in [0.15, 0.2) is 6.10 Å². The number of para-hydroxylation sites is 1. The maximum Gasteiger partial charge on any atom is 0.280 e. The van der Waals surface area contributed by atoms with E-state index in [4.69, 9.17) is 21.1 Å². The van der Waals surface area contributed by atoms with Gasteiger partial charge in [-0.3, -0.25) is 4.79 Å². The van der Waals surface area contributed by atoms with E-state index in [0.717, 1.165) is 5.56 Å². The molecule has 6 heteroatoms. The molecule has 0 fully saturated rings. The van der Waals surface area contributed by atoms with Crippen LogP contribution in [0.1, 0.15) is 12.5 Å². The zero-order valence-electron chi connectivity index (χ0n) is 13.8. The van der Waals surface area contributed by atoms with Crippen molar-refractivity contribution < 1.29 is 14.3 Å². The van der Waals surface area contributed by atoms with E-state index in [1.165, 1.54) is 6.21 Å². The molecule has 0 saturated heterocycles. The average Bonchev–Trinajstić information content (AvgIpc) is 2.62. The minimum atomic E-state index is -0.703. The Morgan fingerprint density at radius 1 is 1.28 bits per heavy atom. The second-order valence-corrected chi connectivity index (χ2v) is 5.52. The molecule has 0 aliphatic carbocycles. The number of nitrogens with zero attached hydrogens (tertiary/aromatic N) is 1. The van der Waals surface area contributed by atoms with Crippen LogP contribution in [0.4, 0.5) is 0 Å². The summed E-state index contributed by atoms with van der Waals surface area (Å²) in [5.41, 5.74) is 3.20. The Morgan fingerprint density at radius 3 is 2.72 bits per heavy atom. The Labute approximate surface area is 151 Å². The molecular formula is C19H19ClN2O3. The van der Waals surface area contributed by atoms with Crippen LogP contribution in [0.25, 0.3) is 0 Å². The molecule has 0 saturated carbocycles. The van der Waals surface area contributed by atoms with Crippen LogP contribution in [0, 0.1) is 0 Å². The zero-order chi connectivity index (χ0) is 18.1. The predicted octanol–water partition coefficient (Wildman–Crippen LogP) is 3.82. The highest BCUT2D eigenvalue weighted by atomic mass is 35.5. The van der Waals surface area contributed by atoms with E-state index in [1.54, 1.807) is 37.3 Å². The van der Waals surface area contributed by atoms with Gasteiger partial charge in [0.2, 0.25) is 0 Å². The maximum absolute atomic E-state index is 12.0. The molecule has 5 nitrogen and oxygen atoms in total. The van der Waals surface area contributed by atoms with E-state index in [2.05, 4.69) is 17.1 Å². The summed E-state index contributed by atoms with van der Waals surface area (Å²) >= 11 is 5.81. The third-order valence-corrected chi connectivity index (χ3v) is 3.40. The van der Waals surface area contributed by atoms with Crippen molar-refractivity contribution >= 4 is 23.7 Å². The van der Waals surface area contributed by atoms with E-state index in [-0.39, 0.29) is 5.91 Å². The summed E-state index contributed by atoms with van der Waals surface area (Å²) in [4.78, 5) is 12.0. The predicted molar refractivity (Wildman–Crippen MR) is 99.4 cm³/mol. The fraction of sp³-hybridized carbons (Fsp3) is 0.158. The van der Waals surface area contributed by atoms with Crippen molar-refractivity contribution in [1.82, 2.24) is 5.43 Å². The van der Waals surface area contributed by atoms with E-state index >= 15 is 0 Å². The highest BCUT2D eigenvalue weighted by Crippen LogP contribution is 2.17. The quantitative estimate of drug-likeness (QED) is 0.443. The van der Waals surface area contributed by atoms with Crippen molar-refractivity contribution in [2.24, 2.45) is 5.10 Å². The largest absolute Gasteiger partial charge is 0.489 e. The number of amides is 1. The first-order chi connectivity index (χ1) is 12.1. The number of rotatable bonds is 8. The third kappa shape index (κ3) is 5.97. The summed E-state index contributed by atoms with van der Waals surface area (Å²) in [5, 5.41) is 4.56. The Kier molecular flexibility index (Phi) is 7.04. The third-order valence-electron chi connectivity index (χ3n) is 3.15. The molecular weight excluding hydrogens is 340 g/mol. The zero-order valence-corrected chi connectivity index (χ0v) is 14.6. The minimum Gasteiger partial charge on any atom is -0.489 e. The second-order valence-electron chi connectivity index (χ2n) is 5.09. The van der Waals surface area contributed by atoms with E-state index in [9.17, 15) is 4.79 Å². The molecule has 1 unspecified atom stereocenters.